The summed E-state index contributed by atoms with van der Waals surface area (Å²) in [5, 5.41) is 5.33. The normalized spacial score (nSPS) is 10.9. The van der Waals surface area contributed by atoms with E-state index in [1.807, 2.05) is 30.3 Å². The fraction of sp³-hybridized carbons (Fsp3) is 0.200. The molecule has 0 atom stereocenters. The molecule has 0 aliphatic heterocycles. The molecule has 0 saturated carbocycles. The van der Waals surface area contributed by atoms with Crippen molar-refractivity contribution in [2.45, 2.75) is 6.92 Å². The summed E-state index contributed by atoms with van der Waals surface area (Å²) < 4.78 is 10.5. The van der Waals surface area contributed by atoms with Crippen molar-refractivity contribution in [1.29, 1.82) is 0 Å². The molecule has 6 nitrogen and oxygen atoms in total. The molecule has 0 aliphatic carbocycles. The highest BCUT2D eigenvalue weighted by Crippen LogP contribution is 2.18. The van der Waals surface area contributed by atoms with Crippen molar-refractivity contribution in [1.82, 2.24) is 5.32 Å². The summed E-state index contributed by atoms with van der Waals surface area (Å²) >= 11 is 0. The van der Waals surface area contributed by atoms with Crippen LogP contribution in [0, 0.1) is 0 Å². The number of hydrogen-bond acceptors (Lipinski definition) is 4. The number of methoxy groups -OCH3 is 1. The first kappa shape index (κ1) is 19.2. The third kappa shape index (κ3) is 6.41. The molecule has 2 aromatic rings. The van der Waals surface area contributed by atoms with Gasteiger partial charge in [0.15, 0.2) is 0 Å². The van der Waals surface area contributed by atoms with Crippen LogP contribution in [0.25, 0.3) is 6.08 Å². The van der Waals surface area contributed by atoms with Gasteiger partial charge in [-0.1, -0.05) is 36.4 Å². The van der Waals surface area contributed by atoms with Crippen LogP contribution in [-0.4, -0.2) is 32.1 Å². The fourth-order valence-corrected chi connectivity index (χ4v) is 2.17. The Kier molecular flexibility index (Phi) is 7.39. The molecule has 26 heavy (non-hydrogen) atoms. The van der Waals surface area contributed by atoms with E-state index in [9.17, 15) is 9.59 Å². The van der Waals surface area contributed by atoms with Gasteiger partial charge >= 0.3 is 0 Å². The first-order chi connectivity index (χ1) is 12.6. The molecule has 6 heteroatoms. The standard InChI is InChI=1S/C20H22N2O4/c1-15(23)21-19(13-16-7-4-3-5-8-16)20(24)22-17-9-6-10-18(14-17)26-12-11-25-2/h3-10,13-14H,11-12H2,1-2H3,(H,21,23)(H,22,24)/b19-13-. The maximum atomic E-state index is 12.6. The third-order valence-corrected chi connectivity index (χ3v) is 3.31. The lowest BCUT2D eigenvalue weighted by molar-refractivity contribution is -0.120. The predicted octanol–water partition coefficient (Wildman–Crippen LogP) is 2.83. The first-order valence-corrected chi connectivity index (χ1v) is 8.16. The van der Waals surface area contributed by atoms with Gasteiger partial charge in [0.1, 0.15) is 18.1 Å². The average Bonchev–Trinajstić information content (AvgIpc) is 2.62. The summed E-state index contributed by atoms with van der Waals surface area (Å²) in [5.41, 5.74) is 1.53. The van der Waals surface area contributed by atoms with E-state index >= 15 is 0 Å². The molecule has 2 aromatic carbocycles. The monoisotopic (exact) mass is 354 g/mol. The molecule has 0 heterocycles. The minimum atomic E-state index is -0.418. The summed E-state index contributed by atoms with van der Waals surface area (Å²) in [5.74, 6) is -0.120. The van der Waals surface area contributed by atoms with E-state index in [-0.39, 0.29) is 11.6 Å². The minimum Gasteiger partial charge on any atom is -0.491 e. The highest BCUT2D eigenvalue weighted by atomic mass is 16.5. The second kappa shape index (κ2) is 10.0. The molecule has 2 amide bonds. The molecule has 2 rings (SSSR count). The van der Waals surface area contributed by atoms with Crippen molar-refractivity contribution in [3.8, 4) is 5.75 Å². The molecule has 0 bridgehead atoms. The molecule has 2 N–H and O–H groups in total. The average molecular weight is 354 g/mol. The summed E-state index contributed by atoms with van der Waals surface area (Å²) in [6.07, 6.45) is 1.62. The number of anilines is 1. The Hall–Kier alpha value is -3.12. The number of ether oxygens (including phenoxy) is 2. The van der Waals surface area contributed by atoms with Gasteiger partial charge in [-0.25, -0.2) is 0 Å². The molecule has 0 aliphatic rings. The number of carbonyl (C=O) groups is 2. The highest BCUT2D eigenvalue weighted by Gasteiger charge is 2.12. The molecule has 0 saturated heterocycles. The molecule has 0 aromatic heterocycles. The SMILES string of the molecule is COCCOc1cccc(NC(=O)/C(=C/c2ccccc2)NC(C)=O)c1. The third-order valence-electron chi connectivity index (χ3n) is 3.31. The zero-order chi connectivity index (χ0) is 18.8. The molecular weight excluding hydrogens is 332 g/mol. The number of hydrogen-bond donors (Lipinski definition) is 2. The Labute approximate surface area is 152 Å². The van der Waals surface area contributed by atoms with Crippen molar-refractivity contribution < 1.29 is 19.1 Å². The Balaban J connectivity index is 2.13. The number of carbonyl (C=O) groups excluding carboxylic acids is 2. The molecule has 0 unspecified atom stereocenters. The van der Waals surface area contributed by atoms with Crippen LogP contribution in [0.1, 0.15) is 12.5 Å². The Morgan fingerprint density at radius 3 is 2.50 bits per heavy atom. The van der Waals surface area contributed by atoms with E-state index in [2.05, 4.69) is 10.6 Å². The highest BCUT2D eigenvalue weighted by molar-refractivity contribution is 6.08. The van der Waals surface area contributed by atoms with Gasteiger partial charge in [0.05, 0.1) is 6.61 Å². The fourth-order valence-electron chi connectivity index (χ4n) is 2.17. The van der Waals surface area contributed by atoms with Gasteiger partial charge < -0.3 is 20.1 Å². The van der Waals surface area contributed by atoms with Crippen molar-refractivity contribution in [2.24, 2.45) is 0 Å². The van der Waals surface area contributed by atoms with Gasteiger partial charge in [-0.15, -0.1) is 0 Å². The molecule has 0 fully saturated rings. The van der Waals surface area contributed by atoms with Crippen molar-refractivity contribution in [3.05, 3.63) is 65.9 Å². The van der Waals surface area contributed by atoms with Crippen LogP contribution in [0.2, 0.25) is 0 Å². The van der Waals surface area contributed by atoms with Crippen LogP contribution in [0.5, 0.6) is 5.75 Å². The molecular formula is C20H22N2O4. The van der Waals surface area contributed by atoms with Crippen LogP contribution in [0.15, 0.2) is 60.3 Å². The van der Waals surface area contributed by atoms with Gasteiger partial charge in [0, 0.05) is 25.8 Å². The van der Waals surface area contributed by atoms with E-state index in [0.29, 0.717) is 24.7 Å². The number of amides is 2. The van der Waals surface area contributed by atoms with E-state index in [1.54, 1.807) is 37.5 Å². The first-order valence-electron chi connectivity index (χ1n) is 8.16. The van der Waals surface area contributed by atoms with E-state index in [0.717, 1.165) is 5.56 Å². The van der Waals surface area contributed by atoms with Crippen LogP contribution >= 0.6 is 0 Å². The zero-order valence-corrected chi connectivity index (χ0v) is 14.8. The Morgan fingerprint density at radius 1 is 1.04 bits per heavy atom. The quantitative estimate of drug-likeness (QED) is 0.564. The zero-order valence-electron chi connectivity index (χ0n) is 14.8. The predicted molar refractivity (Wildman–Crippen MR) is 101 cm³/mol. The topological polar surface area (TPSA) is 76.7 Å². The van der Waals surface area contributed by atoms with E-state index in [4.69, 9.17) is 9.47 Å². The second-order valence-corrected chi connectivity index (χ2v) is 5.47. The van der Waals surface area contributed by atoms with Crippen LogP contribution in [-0.2, 0) is 14.3 Å². The molecule has 0 radical (unpaired) electrons. The Morgan fingerprint density at radius 2 is 1.81 bits per heavy atom. The number of rotatable bonds is 8. The van der Waals surface area contributed by atoms with Crippen LogP contribution in [0.3, 0.4) is 0 Å². The summed E-state index contributed by atoms with van der Waals surface area (Å²) in [6, 6.07) is 16.3. The Bertz CT molecular complexity index is 772. The van der Waals surface area contributed by atoms with Crippen molar-refractivity contribution >= 4 is 23.6 Å². The largest absolute Gasteiger partial charge is 0.491 e. The summed E-state index contributed by atoms with van der Waals surface area (Å²) in [4.78, 5) is 24.0. The van der Waals surface area contributed by atoms with E-state index < -0.39 is 5.91 Å². The van der Waals surface area contributed by atoms with Gasteiger partial charge in [-0.3, -0.25) is 9.59 Å². The second-order valence-electron chi connectivity index (χ2n) is 5.47. The van der Waals surface area contributed by atoms with Gasteiger partial charge in [-0.05, 0) is 23.8 Å². The molecule has 136 valence electrons. The number of benzene rings is 2. The van der Waals surface area contributed by atoms with Gasteiger partial charge in [0.25, 0.3) is 5.91 Å². The summed E-state index contributed by atoms with van der Waals surface area (Å²) in [7, 11) is 1.60. The molecule has 0 spiro atoms. The lowest BCUT2D eigenvalue weighted by Crippen LogP contribution is -2.28. The smallest absolute Gasteiger partial charge is 0.272 e. The summed E-state index contributed by atoms with van der Waals surface area (Å²) in [6.45, 7) is 2.25. The van der Waals surface area contributed by atoms with Gasteiger partial charge in [0.2, 0.25) is 5.91 Å². The lowest BCUT2D eigenvalue weighted by Gasteiger charge is -2.11. The van der Waals surface area contributed by atoms with Crippen LogP contribution in [0.4, 0.5) is 5.69 Å². The minimum absolute atomic E-state index is 0.161. The number of nitrogens with one attached hydrogen (secondary N) is 2. The maximum Gasteiger partial charge on any atom is 0.272 e. The van der Waals surface area contributed by atoms with Gasteiger partial charge in [-0.2, -0.15) is 0 Å². The maximum absolute atomic E-state index is 12.6. The van der Waals surface area contributed by atoms with Crippen molar-refractivity contribution in [2.75, 3.05) is 25.6 Å². The lowest BCUT2D eigenvalue weighted by atomic mass is 10.2. The van der Waals surface area contributed by atoms with Crippen LogP contribution < -0.4 is 15.4 Å². The van der Waals surface area contributed by atoms with Crippen molar-refractivity contribution in [3.63, 3.8) is 0 Å². The van der Waals surface area contributed by atoms with E-state index in [1.165, 1.54) is 6.92 Å².